The molecule has 0 bridgehead atoms. The maximum Gasteiger partial charge on any atom is 0.279 e. The van der Waals surface area contributed by atoms with Gasteiger partial charge in [-0.2, -0.15) is 13.5 Å². The number of alkyl halides is 1. The fourth-order valence-electron chi connectivity index (χ4n) is 1.68. The van der Waals surface area contributed by atoms with Crippen LogP contribution >= 0.6 is 15.9 Å². The molecule has 0 amide bonds. The lowest BCUT2D eigenvalue weighted by molar-refractivity contribution is 0.582. The Balaban J connectivity index is 2.19. The molecule has 0 spiro atoms. The number of nitrogens with zero attached hydrogens (tertiary/aromatic N) is 2. The van der Waals surface area contributed by atoms with Crippen LogP contribution in [0.5, 0.6) is 0 Å². The summed E-state index contributed by atoms with van der Waals surface area (Å²) in [5.41, 5.74) is 1.69. The van der Waals surface area contributed by atoms with Gasteiger partial charge in [0.05, 0.1) is 6.20 Å². The molecule has 2 aromatic rings. The second kappa shape index (κ2) is 5.75. The molecular weight excluding hydrogens is 330 g/mol. The van der Waals surface area contributed by atoms with E-state index in [1.165, 1.54) is 16.9 Å². The number of aromatic nitrogens is 2. The zero-order valence-electron chi connectivity index (χ0n) is 10.4. The van der Waals surface area contributed by atoms with Gasteiger partial charge in [-0.1, -0.05) is 28.1 Å². The number of anilines is 1. The zero-order valence-corrected chi connectivity index (χ0v) is 12.8. The van der Waals surface area contributed by atoms with E-state index < -0.39 is 10.0 Å². The summed E-state index contributed by atoms with van der Waals surface area (Å²) in [7, 11) is -1.99. The van der Waals surface area contributed by atoms with Crippen LogP contribution in [0.2, 0.25) is 0 Å². The minimum Gasteiger partial charge on any atom is -0.278 e. The van der Waals surface area contributed by atoms with Crippen LogP contribution in [0.1, 0.15) is 5.56 Å². The Morgan fingerprint density at radius 2 is 1.95 bits per heavy atom. The number of nitrogens with one attached hydrogen (secondary N) is 1. The number of sulfonamides is 1. The molecule has 0 radical (unpaired) electrons. The molecule has 0 unspecified atom stereocenters. The third-order valence-electron chi connectivity index (χ3n) is 2.64. The number of aryl methyl sites for hydroxylation is 2. The summed E-state index contributed by atoms with van der Waals surface area (Å²) in [6, 6.07) is 8.78. The summed E-state index contributed by atoms with van der Waals surface area (Å²) in [4.78, 5) is 0. The first kappa shape index (κ1) is 14.1. The quantitative estimate of drug-likeness (QED) is 0.846. The van der Waals surface area contributed by atoms with Gasteiger partial charge in [-0.25, -0.2) is 0 Å². The molecule has 0 aliphatic carbocycles. The van der Waals surface area contributed by atoms with Gasteiger partial charge in [0.2, 0.25) is 0 Å². The summed E-state index contributed by atoms with van der Waals surface area (Å²) in [6.45, 7) is 0. The van der Waals surface area contributed by atoms with Crippen molar-refractivity contribution in [3.63, 3.8) is 0 Å². The van der Waals surface area contributed by atoms with E-state index in [1.54, 1.807) is 19.2 Å². The van der Waals surface area contributed by atoms with Crippen molar-refractivity contribution in [1.82, 2.24) is 9.78 Å². The number of hydrogen-bond acceptors (Lipinski definition) is 3. The largest absolute Gasteiger partial charge is 0.279 e. The van der Waals surface area contributed by atoms with Gasteiger partial charge in [0.1, 0.15) is 0 Å². The van der Waals surface area contributed by atoms with Gasteiger partial charge in [0, 0.05) is 18.1 Å². The average molecular weight is 344 g/mol. The van der Waals surface area contributed by atoms with Crippen LogP contribution in [-0.2, 0) is 23.5 Å². The molecule has 0 atom stereocenters. The fourth-order valence-corrected chi connectivity index (χ4v) is 3.33. The molecule has 1 N–H and O–H groups in total. The van der Waals surface area contributed by atoms with Crippen molar-refractivity contribution in [1.29, 1.82) is 0 Å². The first-order valence-electron chi connectivity index (χ1n) is 5.68. The Hall–Kier alpha value is -1.34. The van der Waals surface area contributed by atoms with Crippen molar-refractivity contribution in [3.8, 4) is 0 Å². The summed E-state index contributed by atoms with van der Waals surface area (Å²) in [5, 5.41) is 4.87. The summed E-state index contributed by atoms with van der Waals surface area (Å²) in [6.07, 6.45) is 2.36. The minimum absolute atomic E-state index is 0.136. The van der Waals surface area contributed by atoms with E-state index in [0.29, 0.717) is 5.69 Å². The molecular formula is C12H14BrN3O2S. The van der Waals surface area contributed by atoms with Gasteiger partial charge in [-0.05, 0) is 30.2 Å². The fraction of sp³-hybridized carbons (Fsp3) is 0.250. The summed E-state index contributed by atoms with van der Waals surface area (Å²) < 4.78 is 28.1. The lowest BCUT2D eigenvalue weighted by atomic mass is 10.2. The molecule has 1 heterocycles. The first-order valence-corrected chi connectivity index (χ1v) is 8.29. The highest BCUT2D eigenvalue weighted by Crippen LogP contribution is 2.16. The Morgan fingerprint density at radius 3 is 2.47 bits per heavy atom. The average Bonchev–Trinajstić information content (AvgIpc) is 2.79. The number of benzene rings is 1. The van der Waals surface area contributed by atoms with E-state index in [0.717, 1.165) is 17.3 Å². The molecule has 1 aromatic heterocycles. The van der Waals surface area contributed by atoms with E-state index in [-0.39, 0.29) is 5.03 Å². The lowest BCUT2D eigenvalue weighted by Crippen LogP contribution is -2.16. The van der Waals surface area contributed by atoms with E-state index >= 15 is 0 Å². The Kier molecular flexibility index (Phi) is 4.26. The molecule has 102 valence electrons. The third-order valence-corrected chi connectivity index (χ3v) is 4.49. The molecule has 2 rings (SSSR count). The third kappa shape index (κ3) is 3.36. The van der Waals surface area contributed by atoms with Crippen molar-refractivity contribution in [2.24, 2.45) is 7.05 Å². The van der Waals surface area contributed by atoms with Gasteiger partial charge in [-0.15, -0.1) is 0 Å². The predicted octanol–water partition coefficient (Wildman–Crippen LogP) is 2.16. The maximum atomic E-state index is 12.1. The van der Waals surface area contributed by atoms with Crippen molar-refractivity contribution in [3.05, 3.63) is 42.1 Å². The molecule has 0 aliphatic rings. The molecule has 1 aromatic carbocycles. The molecule has 19 heavy (non-hydrogen) atoms. The normalized spacial score (nSPS) is 11.5. The first-order chi connectivity index (χ1) is 9.03. The topological polar surface area (TPSA) is 64.0 Å². The predicted molar refractivity (Wildman–Crippen MR) is 78.0 cm³/mol. The van der Waals surface area contributed by atoms with Crippen molar-refractivity contribution >= 4 is 31.6 Å². The summed E-state index contributed by atoms with van der Waals surface area (Å²) in [5.74, 6) is 0. The molecule has 7 heteroatoms. The smallest absolute Gasteiger partial charge is 0.278 e. The van der Waals surface area contributed by atoms with Crippen molar-refractivity contribution < 1.29 is 8.42 Å². The molecule has 0 fully saturated rings. The molecule has 0 saturated carbocycles. The monoisotopic (exact) mass is 343 g/mol. The molecule has 0 aliphatic heterocycles. The van der Waals surface area contributed by atoms with Crippen molar-refractivity contribution in [2.75, 3.05) is 10.1 Å². The van der Waals surface area contributed by atoms with Gasteiger partial charge >= 0.3 is 0 Å². The Morgan fingerprint density at radius 1 is 1.26 bits per heavy atom. The molecule has 5 nitrogen and oxygen atoms in total. The number of hydrogen-bond donors (Lipinski definition) is 1. The van der Waals surface area contributed by atoms with Crippen LogP contribution in [-0.4, -0.2) is 23.5 Å². The van der Waals surface area contributed by atoms with E-state index in [4.69, 9.17) is 0 Å². The highest BCUT2D eigenvalue weighted by Gasteiger charge is 2.17. The zero-order chi connectivity index (χ0) is 13.9. The second-order valence-electron chi connectivity index (χ2n) is 4.03. The van der Waals surface area contributed by atoms with Gasteiger partial charge in [0.25, 0.3) is 10.0 Å². The number of rotatable bonds is 5. The SMILES string of the molecule is Cn1nccc1S(=O)(=O)Nc1ccc(CCBr)cc1. The van der Waals surface area contributed by atoms with Crippen LogP contribution in [0.25, 0.3) is 0 Å². The van der Waals surface area contributed by atoms with Gasteiger partial charge in [0.15, 0.2) is 5.03 Å². The Bertz CT molecular complexity index is 650. The van der Waals surface area contributed by atoms with Gasteiger partial charge < -0.3 is 0 Å². The molecule has 0 saturated heterocycles. The number of halogens is 1. The minimum atomic E-state index is -3.58. The standard InChI is InChI=1S/C12H14BrN3O2S/c1-16-12(7-9-14-16)19(17,18)15-11-4-2-10(3-5-11)6-8-13/h2-5,7,9,15H,6,8H2,1H3. The lowest BCUT2D eigenvalue weighted by Gasteiger charge is -2.08. The van der Waals surface area contributed by atoms with Crippen LogP contribution in [0.4, 0.5) is 5.69 Å². The second-order valence-corrected chi connectivity index (χ2v) is 6.46. The Labute approximate surface area is 120 Å². The van der Waals surface area contributed by atoms with E-state index in [9.17, 15) is 8.42 Å². The van der Waals surface area contributed by atoms with E-state index in [2.05, 4.69) is 25.8 Å². The van der Waals surface area contributed by atoms with Crippen LogP contribution in [0.3, 0.4) is 0 Å². The highest BCUT2D eigenvalue weighted by atomic mass is 79.9. The van der Waals surface area contributed by atoms with Gasteiger partial charge in [-0.3, -0.25) is 9.40 Å². The summed E-state index contributed by atoms with van der Waals surface area (Å²) >= 11 is 3.37. The van der Waals surface area contributed by atoms with Crippen molar-refractivity contribution in [2.45, 2.75) is 11.4 Å². The maximum absolute atomic E-state index is 12.1. The van der Waals surface area contributed by atoms with Crippen LogP contribution < -0.4 is 4.72 Å². The van der Waals surface area contributed by atoms with Crippen LogP contribution in [0.15, 0.2) is 41.6 Å². The van der Waals surface area contributed by atoms with E-state index in [1.807, 2.05) is 12.1 Å². The van der Waals surface area contributed by atoms with Crippen LogP contribution in [0, 0.1) is 0 Å². The highest BCUT2D eigenvalue weighted by molar-refractivity contribution is 9.09.